The van der Waals surface area contributed by atoms with Crippen molar-refractivity contribution in [2.24, 2.45) is 5.16 Å². The van der Waals surface area contributed by atoms with Crippen molar-refractivity contribution in [2.45, 2.75) is 23.1 Å². The van der Waals surface area contributed by atoms with Crippen LogP contribution in [-0.2, 0) is 25.8 Å². The van der Waals surface area contributed by atoms with Gasteiger partial charge in [-0.05, 0) is 16.0 Å². The molecule has 3 aromatic rings. The van der Waals surface area contributed by atoms with E-state index >= 15 is 0 Å². The van der Waals surface area contributed by atoms with E-state index in [-0.39, 0.29) is 51.3 Å². The van der Waals surface area contributed by atoms with Crippen molar-refractivity contribution in [1.29, 1.82) is 0 Å². The Labute approximate surface area is 246 Å². The summed E-state index contributed by atoms with van der Waals surface area (Å²) in [5.74, 6) is -3.19. The molecule has 0 aromatic carbocycles. The van der Waals surface area contributed by atoms with Crippen LogP contribution < -0.4 is 16.5 Å². The second-order valence-corrected chi connectivity index (χ2v) is 11.3. The normalized spacial score (nSPS) is 18.5. The number of fused-ring (bicyclic) bond motifs is 1. The number of nitrogens with one attached hydrogen (secondary N) is 1. The van der Waals surface area contributed by atoms with Crippen molar-refractivity contribution in [2.75, 3.05) is 24.3 Å². The number of thioether (sulfide) groups is 2. The van der Waals surface area contributed by atoms with Crippen LogP contribution in [0.5, 0.6) is 5.75 Å². The lowest BCUT2D eigenvalue weighted by molar-refractivity contribution is -0.150. The number of β-lactam (4-membered cyclic amide) rings is 1. The van der Waals surface area contributed by atoms with Crippen LogP contribution in [0.4, 0.5) is 5.13 Å². The highest BCUT2D eigenvalue weighted by atomic mass is 32.2. The maximum Gasteiger partial charge on any atom is 0.352 e. The molecule has 6 N–H and O–H groups in total. The van der Waals surface area contributed by atoms with Gasteiger partial charge in [0.15, 0.2) is 10.9 Å². The number of rotatable bonds is 10. The maximum absolute atomic E-state index is 13.1. The molecule has 42 heavy (non-hydrogen) atoms. The zero-order valence-electron chi connectivity index (χ0n) is 21.1. The monoisotopic (exact) mass is 637 g/mol. The van der Waals surface area contributed by atoms with Gasteiger partial charge in [-0.1, -0.05) is 16.9 Å². The van der Waals surface area contributed by atoms with Gasteiger partial charge in [0.25, 0.3) is 11.8 Å². The van der Waals surface area contributed by atoms with Crippen LogP contribution in [0.2, 0.25) is 0 Å². The topological polar surface area (TPSA) is 266 Å². The largest absolute Gasteiger partial charge is 0.503 e. The summed E-state index contributed by atoms with van der Waals surface area (Å²) in [5, 5.41) is 46.5. The summed E-state index contributed by atoms with van der Waals surface area (Å²) < 4.78 is 5.76. The van der Waals surface area contributed by atoms with Gasteiger partial charge in [0, 0.05) is 29.1 Å². The quantitative estimate of drug-likeness (QED) is 0.0536. The molecule has 5 rings (SSSR count). The van der Waals surface area contributed by atoms with Gasteiger partial charge in [0.05, 0.1) is 18.4 Å². The number of anilines is 1. The minimum Gasteiger partial charge on any atom is -0.503 e. The van der Waals surface area contributed by atoms with E-state index in [1.165, 1.54) is 23.6 Å². The first kappa shape index (κ1) is 28.8. The Kier molecular flexibility index (Phi) is 8.00. The van der Waals surface area contributed by atoms with Gasteiger partial charge in [0.2, 0.25) is 22.1 Å². The fourth-order valence-corrected chi connectivity index (χ4v) is 6.78. The number of carboxylic acids is 1. The van der Waals surface area contributed by atoms with Gasteiger partial charge in [-0.25, -0.2) is 9.48 Å². The number of carboxylic acid groups (broad SMARTS) is 1. The molecule has 2 atom stereocenters. The van der Waals surface area contributed by atoms with E-state index < -0.39 is 40.4 Å². The molecule has 0 spiro atoms. The summed E-state index contributed by atoms with van der Waals surface area (Å²) in [6, 6.07) is -0.0238. The molecule has 0 unspecified atom stereocenters. The van der Waals surface area contributed by atoms with E-state index in [0.717, 1.165) is 40.5 Å². The Bertz CT molecular complexity index is 1700. The Morgan fingerprint density at radius 1 is 1.36 bits per heavy atom. The number of aliphatic carboxylic acids is 1. The molecular formula is C20H19N11O8S3. The fraction of sp³-hybridized carbons (Fsp3) is 0.300. The molecule has 5 heterocycles. The van der Waals surface area contributed by atoms with Crippen LogP contribution in [0.3, 0.4) is 0 Å². The van der Waals surface area contributed by atoms with Gasteiger partial charge in [-0.3, -0.25) is 19.3 Å². The number of pyridine rings is 1. The number of aromatic nitrogens is 7. The summed E-state index contributed by atoms with van der Waals surface area (Å²) in [5.41, 5.74) is 4.85. The molecule has 220 valence electrons. The SMILES string of the molecule is CO/N=C(\C(=O)N[C@@H]1C(=O)N2C(C(=O)O)=C(CSc3nnnn3Cc3cc(=O)c(O)cn3O)CS[C@@H]12)c1nsc(N)n1. The van der Waals surface area contributed by atoms with E-state index in [2.05, 4.69) is 35.4 Å². The number of tetrazole rings is 1. The lowest BCUT2D eigenvalue weighted by Crippen LogP contribution is -2.71. The van der Waals surface area contributed by atoms with Crippen LogP contribution in [0, 0.1) is 0 Å². The first-order valence-corrected chi connectivity index (χ1v) is 14.3. The molecule has 22 heteroatoms. The van der Waals surface area contributed by atoms with Gasteiger partial charge in [-0.15, -0.1) is 16.9 Å². The Hall–Kier alpha value is -4.70. The predicted octanol–water partition coefficient (Wildman–Crippen LogP) is -1.86. The predicted molar refractivity (Wildman–Crippen MR) is 145 cm³/mol. The number of aromatic hydroxyl groups is 1. The number of amides is 2. The van der Waals surface area contributed by atoms with Gasteiger partial charge in [0.1, 0.15) is 24.2 Å². The van der Waals surface area contributed by atoms with Crippen LogP contribution in [0.25, 0.3) is 0 Å². The van der Waals surface area contributed by atoms with Gasteiger partial charge < -0.3 is 31.3 Å². The maximum atomic E-state index is 13.1. The van der Waals surface area contributed by atoms with Crippen molar-refractivity contribution in [3.8, 4) is 5.75 Å². The van der Waals surface area contributed by atoms with E-state index in [1.807, 2.05) is 0 Å². The first-order chi connectivity index (χ1) is 20.1. The average Bonchev–Trinajstić information content (AvgIpc) is 3.59. The smallest absolute Gasteiger partial charge is 0.352 e. The third kappa shape index (κ3) is 5.45. The molecule has 0 aliphatic carbocycles. The number of nitrogen functional groups attached to an aromatic ring is 1. The number of nitrogens with zero attached hydrogens (tertiary/aromatic N) is 9. The standard InChI is InChI=1S/C20H19N11O8S3/c1-39-25-11(14-23-19(21)42-26-14)15(34)22-12-16(35)31-13(18(36)37)7(5-40-17(12)31)6-41-20-24-27-28-29(20)3-8-2-9(32)10(33)4-30(8)38/h2,4,12,17,33,38H,3,5-6H2,1H3,(H,22,34)(H,36,37)(H2,21,23,26)/b25-11-/t12-,17+/m1/s1. The molecule has 2 amide bonds. The number of hydrogen-bond acceptors (Lipinski definition) is 17. The van der Waals surface area contributed by atoms with Crippen molar-refractivity contribution >= 4 is 63.7 Å². The number of hydrogen-bond donors (Lipinski definition) is 5. The van der Waals surface area contributed by atoms with Crippen molar-refractivity contribution in [3.63, 3.8) is 0 Å². The molecule has 1 saturated heterocycles. The summed E-state index contributed by atoms with van der Waals surface area (Å²) >= 11 is 3.17. The average molecular weight is 638 g/mol. The lowest BCUT2D eigenvalue weighted by atomic mass is 10.0. The second kappa shape index (κ2) is 11.7. The third-order valence-electron chi connectivity index (χ3n) is 5.86. The molecule has 1 fully saturated rings. The van der Waals surface area contributed by atoms with Crippen molar-refractivity contribution in [1.82, 2.24) is 44.5 Å². The number of oxime groups is 1. The summed E-state index contributed by atoms with van der Waals surface area (Å²) in [4.78, 5) is 59.6. The van der Waals surface area contributed by atoms with Crippen LogP contribution in [0.1, 0.15) is 11.5 Å². The van der Waals surface area contributed by atoms with E-state index in [4.69, 9.17) is 10.6 Å². The molecule has 3 aromatic heterocycles. The van der Waals surface area contributed by atoms with E-state index in [0.29, 0.717) is 10.3 Å². The van der Waals surface area contributed by atoms with Crippen LogP contribution in [0.15, 0.2) is 38.6 Å². The third-order valence-corrected chi connectivity index (χ3v) is 8.79. The number of carbonyl (C=O) groups excluding carboxylic acids is 2. The fourth-order valence-electron chi connectivity index (χ4n) is 3.99. The number of nitrogens with two attached hydrogens (primary N) is 1. The molecule has 2 aliphatic heterocycles. The molecule has 19 nitrogen and oxygen atoms in total. The summed E-state index contributed by atoms with van der Waals surface area (Å²) in [6.45, 7) is -0.133. The van der Waals surface area contributed by atoms with E-state index in [1.54, 1.807) is 0 Å². The van der Waals surface area contributed by atoms with Crippen molar-refractivity contribution in [3.05, 3.63) is 45.3 Å². The minimum atomic E-state index is -1.33. The molecule has 0 radical (unpaired) electrons. The zero-order valence-corrected chi connectivity index (χ0v) is 23.6. The Morgan fingerprint density at radius 3 is 2.83 bits per heavy atom. The lowest BCUT2D eigenvalue weighted by Gasteiger charge is -2.49. The molecule has 0 bridgehead atoms. The molecule has 2 aliphatic rings. The minimum absolute atomic E-state index is 0.0837. The highest BCUT2D eigenvalue weighted by molar-refractivity contribution is 8.01. The van der Waals surface area contributed by atoms with Crippen LogP contribution >= 0.6 is 35.1 Å². The second-order valence-electron chi connectivity index (χ2n) is 8.46. The molecular weight excluding hydrogens is 618 g/mol. The Morgan fingerprint density at radius 2 is 2.14 bits per heavy atom. The van der Waals surface area contributed by atoms with Gasteiger partial charge >= 0.3 is 5.97 Å². The highest BCUT2D eigenvalue weighted by Gasteiger charge is 2.54. The summed E-state index contributed by atoms with van der Waals surface area (Å²) in [6.07, 6.45) is 0.839. The number of carbonyl (C=O) groups is 3. The van der Waals surface area contributed by atoms with Crippen LogP contribution in [-0.4, -0.2) is 108 Å². The highest BCUT2D eigenvalue weighted by Crippen LogP contribution is 2.41. The van der Waals surface area contributed by atoms with Gasteiger partial charge in [-0.2, -0.15) is 14.1 Å². The zero-order chi connectivity index (χ0) is 30.1. The first-order valence-electron chi connectivity index (χ1n) is 11.5. The van der Waals surface area contributed by atoms with E-state index in [9.17, 15) is 34.6 Å². The summed E-state index contributed by atoms with van der Waals surface area (Å²) in [7, 11) is 1.22. The molecule has 0 saturated carbocycles. The Balaban J connectivity index is 1.29. The van der Waals surface area contributed by atoms with Crippen molar-refractivity contribution < 1.29 is 34.6 Å².